The van der Waals surface area contributed by atoms with Crippen LogP contribution in [-0.4, -0.2) is 17.4 Å². The third-order valence-corrected chi connectivity index (χ3v) is 2.97. The highest BCUT2D eigenvalue weighted by Crippen LogP contribution is 2.29. The van der Waals surface area contributed by atoms with Crippen molar-refractivity contribution >= 4 is 5.78 Å². The first-order chi connectivity index (χ1) is 9.33. The quantitative estimate of drug-likeness (QED) is 0.846. The van der Waals surface area contributed by atoms with E-state index < -0.39 is 0 Å². The van der Waals surface area contributed by atoms with Gasteiger partial charge in [-0.15, -0.1) is 0 Å². The minimum Gasteiger partial charge on any atom is -0.492 e. The van der Waals surface area contributed by atoms with E-state index in [1.54, 1.807) is 30.6 Å². The molecule has 0 saturated carbocycles. The molecule has 0 radical (unpaired) electrons. The molecule has 1 aromatic carbocycles. The second kappa shape index (κ2) is 5.10. The van der Waals surface area contributed by atoms with Gasteiger partial charge in [-0.3, -0.25) is 9.78 Å². The van der Waals surface area contributed by atoms with Crippen LogP contribution in [0.2, 0.25) is 0 Å². The van der Waals surface area contributed by atoms with Gasteiger partial charge in [0.2, 0.25) is 0 Å². The Kier molecular flexibility index (Phi) is 3.14. The number of carbonyl (C=O) groups excluding carboxylic acids is 1. The number of ether oxygens (including phenoxy) is 2. The summed E-state index contributed by atoms with van der Waals surface area (Å²) in [5, 5.41) is 0. The molecule has 4 nitrogen and oxygen atoms in total. The molecule has 0 fully saturated rings. The van der Waals surface area contributed by atoms with E-state index in [-0.39, 0.29) is 5.78 Å². The molecule has 96 valence electrons. The minimum atomic E-state index is 0.125. The molecule has 1 aromatic heterocycles. The second-order valence-corrected chi connectivity index (χ2v) is 4.33. The SMILES string of the molecule is O=C1CCOc2cc(OCc3cccnc3)ccc21. The Hall–Kier alpha value is -2.36. The lowest BCUT2D eigenvalue weighted by Crippen LogP contribution is -2.15. The zero-order valence-electron chi connectivity index (χ0n) is 10.3. The van der Waals surface area contributed by atoms with Gasteiger partial charge in [0.05, 0.1) is 12.2 Å². The van der Waals surface area contributed by atoms with Gasteiger partial charge in [0.15, 0.2) is 5.78 Å². The summed E-state index contributed by atoms with van der Waals surface area (Å²) >= 11 is 0. The standard InChI is InChI=1S/C15H13NO3/c17-14-5-7-18-15-8-12(3-4-13(14)15)19-10-11-2-1-6-16-9-11/h1-4,6,8-9H,5,7,10H2. The zero-order valence-corrected chi connectivity index (χ0v) is 10.3. The Morgan fingerprint density at radius 3 is 3.11 bits per heavy atom. The van der Waals surface area contributed by atoms with Crippen LogP contribution in [0.1, 0.15) is 22.3 Å². The van der Waals surface area contributed by atoms with Crippen LogP contribution in [0.3, 0.4) is 0 Å². The Balaban J connectivity index is 1.74. The lowest BCUT2D eigenvalue weighted by atomic mass is 10.1. The molecular formula is C15H13NO3. The number of carbonyl (C=O) groups is 1. The average molecular weight is 255 g/mol. The van der Waals surface area contributed by atoms with E-state index in [0.717, 1.165) is 5.56 Å². The molecule has 0 saturated heterocycles. The van der Waals surface area contributed by atoms with Crippen LogP contribution >= 0.6 is 0 Å². The smallest absolute Gasteiger partial charge is 0.169 e. The van der Waals surface area contributed by atoms with Crippen LogP contribution in [0.5, 0.6) is 11.5 Å². The van der Waals surface area contributed by atoms with Crippen molar-refractivity contribution < 1.29 is 14.3 Å². The van der Waals surface area contributed by atoms with E-state index in [0.29, 0.717) is 36.7 Å². The van der Waals surface area contributed by atoms with Gasteiger partial charge in [-0.05, 0) is 18.2 Å². The predicted octanol–water partition coefficient (Wildman–Crippen LogP) is 2.63. The summed E-state index contributed by atoms with van der Waals surface area (Å²) in [4.78, 5) is 15.7. The maximum absolute atomic E-state index is 11.6. The number of ketones is 1. The number of hydrogen-bond donors (Lipinski definition) is 0. The normalized spacial score (nSPS) is 13.6. The molecule has 3 rings (SSSR count). The lowest BCUT2D eigenvalue weighted by Gasteiger charge is -2.17. The number of benzene rings is 1. The number of pyridine rings is 1. The molecule has 1 aliphatic rings. The number of aromatic nitrogens is 1. The van der Waals surface area contributed by atoms with E-state index >= 15 is 0 Å². The van der Waals surface area contributed by atoms with Gasteiger partial charge in [-0.1, -0.05) is 6.07 Å². The fourth-order valence-corrected chi connectivity index (χ4v) is 1.98. The van der Waals surface area contributed by atoms with E-state index in [1.165, 1.54) is 0 Å². The van der Waals surface area contributed by atoms with Crippen molar-refractivity contribution in [2.24, 2.45) is 0 Å². The highest BCUT2D eigenvalue weighted by molar-refractivity contribution is 5.99. The van der Waals surface area contributed by atoms with Crippen molar-refractivity contribution in [1.29, 1.82) is 0 Å². The molecule has 0 bridgehead atoms. The molecule has 4 heteroatoms. The Morgan fingerprint density at radius 2 is 2.26 bits per heavy atom. The van der Waals surface area contributed by atoms with Crippen LogP contribution in [-0.2, 0) is 6.61 Å². The van der Waals surface area contributed by atoms with Gasteiger partial charge in [-0.25, -0.2) is 0 Å². The molecule has 0 amide bonds. The summed E-state index contributed by atoms with van der Waals surface area (Å²) in [7, 11) is 0. The van der Waals surface area contributed by atoms with Crippen molar-refractivity contribution in [2.45, 2.75) is 13.0 Å². The number of nitrogens with zero attached hydrogens (tertiary/aromatic N) is 1. The Labute approximate surface area is 111 Å². The third kappa shape index (κ3) is 2.57. The molecule has 0 spiro atoms. The summed E-state index contributed by atoms with van der Waals surface area (Å²) < 4.78 is 11.1. The Bertz CT molecular complexity index is 596. The van der Waals surface area contributed by atoms with E-state index in [4.69, 9.17) is 9.47 Å². The van der Waals surface area contributed by atoms with E-state index in [9.17, 15) is 4.79 Å². The second-order valence-electron chi connectivity index (χ2n) is 4.33. The van der Waals surface area contributed by atoms with Crippen LogP contribution in [0.25, 0.3) is 0 Å². The van der Waals surface area contributed by atoms with Gasteiger partial charge in [-0.2, -0.15) is 0 Å². The molecule has 19 heavy (non-hydrogen) atoms. The largest absolute Gasteiger partial charge is 0.492 e. The molecule has 0 atom stereocenters. The molecule has 0 N–H and O–H groups in total. The maximum Gasteiger partial charge on any atom is 0.169 e. The summed E-state index contributed by atoms with van der Waals surface area (Å²) in [6.45, 7) is 0.887. The molecule has 2 heterocycles. The van der Waals surface area contributed by atoms with Crippen LogP contribution in [0.4, 0.5) is 0 Å². The van der Waals surface area contributed by atoms with Crippen molar-refractivity contribution in [3.8, 4) is 11.5 Å². The summed E-state index contributed by atoms with van der Waals surface area (Å²) in [6.07, 6.45) is 3.93. The van der Waals surface area contributed by atoms with E-state index in [1.807, 2.05) is 12.1 Å². The fourth-order valence-electron chi connectivity index (χ4n) is 1.98. The van der Waals surface area contributed by atoms with Gasteiger partial charge in [0, 0.05) is 30.4 Å². The summed E-state index contributed by atoms with van der Waals surface area (Å²) in [5.74, 6) is 1.43. The summed E-state index contributed by atoms with van der Waals surface area (Å²) in [5.41, 5.74) is 1.64. The third-order valence-electron chi connectivity index (χ3n) is 2.97. The zero-order chi connectivity index (χ0) is 13.1. The maximum atomic E-state index is 11.6. The van der Waals surface area contributed by atoms with Crippen LogP contribution in [0.15, 0.2) is 42.7 Å². The number of fused-ring (bicyclic) bond motifs is 1. The van der Waals surface area contributed by atoms with E-state index in [2.05, 4.69) is 4.98 Å². The first-order valence-corrected chi connectivity index (χ1v) is 6.15. The van der Waals surface area contributed by atoms with Crippen molar-refractivity contribution in [3.63, 3.8) is 0 Å². The van der Waals surface area contributed by atoms with Crippen LogP contribution < -0.4 is 9.47 Å². The Morgan fingerprint density at radius 1 is 1.32 bits per heavy atom. The van der Waals surface area contributed by atoms with Gasteiger partial charge in [0.1, 0.15) is 18.1 Å². The highest BCUT2D eigenvalue weighted by atomic mass is 16.5. The first-order valence-electron chi connectivity index (χ1n) is 6.15. The van der Waals surface area contributed by atoms with Gasteiger partial charge < -0.3 is 9.47 Å². The molecule has 2 aromatic rings. The topological polar surface area (TPSA) is 48.4 Å². The van der Waals surface area contributed by atoms with Gasteiger partial charge in [0.25, 0.3) is 0 Å². The van der Waals surface area contributed by atoms with Crippen molar-refractivity contribution in [2.75, 3.05) is 6.61 Å². The number of rotatable bonds is 3. The van der Waals surface area contributed by atoms with Crippen molar-refractivity contribution in [1.82, 2.24) is 4.98 Å². The fraction of sp³-hybridized carbons (Fsp3) is 0.200. The summed E-state index contributed by atoms with van der Waals surface area (Å²) in [6, 6.07) is 9.14. The predicted molar refractivity (Wildman–Crippen MR) is 69.5 cm³/mol. The van der Waals surface area contributed by atoms with Crippen molar-refractivity contribution in [3.05, 3.63) is 53.9 Å². The number of Topliss-reactive ketones (excluding diaryl/α,β-unsaturated/α-hetero) is 1. The monoisotopic (exact) mass is 255 g/mol. The molecular weight excluding hydrogens is 242 g/mol. The van der Waals surface area contributed by atoms with Crippen LogP contribution in [0, 0.1) is 0 Å². The minimum absolute atomic E-state index is 0.125. The first kappa shape index (κ1) is 11.7. The highest BCUT2D eigenvalue weighted by Gasteiger charge is 2.18. The average Bonchev–Trinajstić information content (AvgIpc) is 2.46. The molecule has 1 aliphatic heterocycles. The number of hydrogen-bond acceptors (Lipinski definition) is 4. The molecule has 0 unspecified atom stereocenters. The lowest BCUT2D eigenvalue weighted by molar-refractivity contribution is 0.0933. The van der Waals surface area contributed by atoms with Gasteiger partial charge >= 0.3 is 0 Å². The molecule has 0 aliphatic carbocycles.